The number of hydrogen-bond donors (Lipinski definition) is 3. The number of carbonyl (C=O) groups is 1. The number of benzene rings is 1. The highest BCUT2D eigenvalue weighted by Crippen LogP contribution is 2.21. The number of aromatic nitrogens is 1. The lowest BCUT2D eigenvalue weighted by molar-refractivity contribution is 0.0963. The van der Waals surface area contributed by atoms with E-state index in [0.29, 0.717) is 17.8 Å². The second-order valence-electron chi connectivity index (χ2n) is 4.08. The fourth-order valence-corrected chi connectivity index (χ4v) is 2.41. The van der Waals surface area contributed by atoms with Gasteiger partial charge in [-0.15, -0.1) is 11.3 Å². The molecule has 0 atom stereocenters. The molecule has 2 rings (SSSR count). The number of nitrogens with zero attached hydrogens (tertiary/aromatic N) is 1. The predicted molar refractivity (Wildman–Crippen MR) is 78.4 cm³/mol. The third kappa shape index (κ3) is 3.23. The van der Waals surface area contributed by atoms with Crippen LogP contribution in [-0.2, 0) is 6.54 Å². The van der Waals surface area contributed by atoms with E-state index in [0.717, 1.165) is 15.6 Å². The van der Waals surface area contributed by atoms with Crippen molar-refractivity contribution in [1.29, 1.82) is 0 Å². The molecule has 1 aromatic carbocycles. The Kier molecular flexibility index (Phi) is 4.01. The van der Waals surface area contributed by atoms with E-state index >= 15 is 0 Å². The average molecular weight is 276 g/mol. The second-order valence-corrected chi connectivity index (χ2v) is 5.40. The summed E-state index contributed by atoms with van der Waals surface area (Å²) in [7, 11) is 1.59. The largest absolute Gasteiger partial charge is 0.397 e. The fraction of sp³-hybridized carbons (Fsp3) is 0.231. The number of amides is 1. The molecule has 0 aliphatic carbocycles. The van der Waals surface area contributed by atoms with Crippen molar-refractivity contribution < 1.29 is 4.79 Å². The minimum absolute atomic E-state index is 0.142. The van der Waals surface area contributed by atoms with Crippen LogP contribution in [0.2, 0.25) is 0 Å². The monoisotopic (exact) mass is 276 g/mol. The van der Waals surface area contributed by atoms with Gasteiger partial charge in [0.05, 0.1) is 22.9 Å². The van der Waals surface area contributed by atoms with Gasteiger partial charge in [0, 0.05) is 23.7 Å². The molecule has 0 bridgehead atoms. The Labute approximate surface area is 115 Å². The van der Waals surface area contributed by atoms with Crippen molar-refractivity contribution in [1.82, 2.24) is 10.3 Å². The maximum atomic E-state index is 11.5. The van der Waals surface area contributed by atoms with Crippen LogP contribution in [0.3, 0.4) is 0 Å². The van der Waals surface area contributed by atoms with Crippen LogP contribution in [0, 0.1) is 6.92 Å². The lowest BCUT2D eigenvalue weighted by atomic mass is 10.1. The SMILES string of the molecule is CNC(=O)c1ccc(NCc2cnc(C)s2)c(N)c1. The van der Waals surface area contributed by atoms with Crippen molar-refractivity contribution in [3.8, 4) is 0 Å². The Morgan fingerprint density at radius 2 is 2.26 bits per heavy atom. The minimum Gasteiger partial charge on any atom is -0.397 e. The van der Waals surface area contributed by atoms with E-state index in [4.69, 9.17) is 5.73 Å². The predicted octanol–water partition coefficient (Wildman–Crippen LogP) is 2.01. The van der Waals surface area contributed by atoms with Crippen LogP contribution in [0.5, 0.6) is 0 Å². The van der Waals surface area contributed by atoms with Gasteiger partial charge in [-0.2, -0.15) is 0 Å². The zero-order valence-corrected chi connectivity index (χ0v) is 11.7. The van der Waals surface area contributed by atoms with Gasteiger partial charge in [0.15, 0.2) is 0 Å². The Morgan fingerprint density at radius 1 is 1.47 bits per heavy atom. The Morgan fingerprint density at radius 3 is 2.84 bits per heavy atom. The van der Waals surface area contributed by atoms with E-state index in [1.807, 2.05) is 19.2 Å². The van der Waals surface area contributed by atoms with Gasteiger partial charge in [0.1, 0.15) is 0 Å². The zero-order valence-electron chi connectivity index (χ0n) is 10.9. The summed E-state index contributed by atoms with van der Waals surface area (Å²) in [5.74, 6) is -0.142. The summed E-state index contributed by atoms with van der Waals surface area (Å²) >= 11 is 1.65. The quantitative estimate of drug-likeness (QED) is 0.746. The third-order valence-electron chi connectivity index (χ3n) is 2.66. The first-order valence-corrected chi connectivity index (χ1v) is 6.68. The molecule has 0 radical (unpaired) electrons. The van der Waals surface area contributed by atoms with Crippen molar-refractivity contribution in [2.75, 3.05) is 18.1 Å². The normalized spacial score (nSPS) is 10.2. The van der Waals surface area contributed by atoms with E-state index in [-0.39, 0.29) is 5.91 Å². The number of thiazole rings is 1. The van der Waals surface area contributed by atoms with E-state index in [1.54, 1.807) is 30.5 Å². The van der Waals surface area contributed by atoms with Crippen LogP contribution in [-0.4, -0.2) is 17.9 Å². The van der Waals surface area contributed by atoms with Gasteiger partial charge >= 0.3 is 0 Å². The number of hydrogen-bond acceptors (Lipinski definition) is 5. The Bertz CT molecular complexity index is 594. The second kappa shape index (κ2) is 5.71. The molecule has 0 aliphatic heterocycles. The standard InChI is InChI=1S/C13H16N4OS/c1-8-16-6-10(19-8)7-17-12-4-3-9(5-11(12)14)13(18)15-2/h3-6,17H,7,14H2,1-2H3,(H,15,18). The van der Waals surface area contributed by atoms with Crippen molar-refractivity contribution in [2.45, 2.75) is 13.5 Å². The van der Waals surface area contributed by atoms with Gasteiger partial charge in [-0.3, -0.25) is 4.79 Å². The van der Waals surface area contributed by atoms with E-state index < -0.39 is 0 Å². The molecule has 2 aromatic rings. The number of rotatable bonds is 4. The third-order valence-corrected chi connectivity index (χ3v) is 3.58. The number of nitrogens with one attached hydrogen (secondary N) is 2. The summed E-state index contributed by atoms with van der Waals surface area (Å²) in [4.78, 5) is 16.8. The van der Waals surface area contributed by atoms with Gasteiger partial charge in [-0.1, -0.05) is 0 Å². The molecule has 1 amide bonds. The van der Waals surface area contributed by atoms with E-state index in [1.165, 1.54) is 0 Å². The highest BCUT2D eigenvalue weighted by Gasteiger charge is 2.06. The number of anilines is 2. The number of nitrogens with two attached hydrogens (primary N) is 1. The lowest BCUT2D eigenvalue weighted by Gasteiger charge is -2.09. The molecule has 1 heterocycles. The topological polar surface area (TPSA) is 80.0 Å². The van der Waals surface area contributed by atoms with Gasteiger partial charge in [0.25, 0.3) is 5.91 Å². The number of aryl methyl sites for hydroxylation is 1. The summed E-state index contributed by atoms with van der Waals surface area (Å²) in [6.07, 6.45) is 1.85. The van der Waals surface area contributed by atoms with Gasteiger partial charge in [-0.05, 0) is 25.1 Å². The summed E-state index contributed by atoms with van der Waals surface area (Å²) in [5.41, 5.74) is 7.86. The van der Waals surface area contributed by atoms with E-state index in [2.05, 4.69) is 15.6 Å². The van der Waals surface area contributed by atoms with E-state index in [9.17, 15) is 4.79 Å². The highest BCUT2D eigenvalue weighted by molar-refractivity contribution is 7.11. The first-order chi connectivity index (χ1) is 9.10. The van der Waals surface area contributed by atoms with Crippen LogP contribution in [0.15, 0.2) is 24.4 Å². The first-order valence-electron chi connectivity index (χ1n) is 5.87. The van der Waals surface area contributed by atoms with Crippen molar-refractivity contribution >= 4 is 28.6 Å². The molecule has 4 N–H and O–H groups in total. The van der Waals surface area contributed by atoms with Crippen LogP contribution < -0.4 is 16.4 Å². The molecule has 19 heavy (non-hydrogen) atoms. The molecule has 5 nitrogen and oxygen atoms in total. The molecule has 0 saturated heterocycles. The van der Waals surface area contributed by atoms with Crippen molar-refractivity contribution in [3.05, 3.63) is 39.8 Å². The van der Waals surface area contributed by atoms with Crippen LogP contribution in [0.1, 0.15) is 20.2 Å². The lowest BCUT2D eigenvalue weighted by Crippen LogP contribution is -2.18. The number of nitrogen functional groups attached to an aromatic ring is 1. The molecule has 0 aliphatic rings. The number of carbonyl (C=O) groups excluding carboxylic acids is 1. The summed E-state index contributed by atoms with van der Waals surface area (Å²) < 4.78 is 0. The van der Waals surface area contributed by atoms with Crippen molar-refractivity contribution in [2.24, 2.45) is 0 Å². The molecule has 0 fully saturated rings. The first kappa shape index (κ1) is 13.4. The average Bonchev–Trinajstić information content (AvgIpc) is 2.82. The van der Waals surface area contributed by atoms with Crippen LogP contribution in [0.4, 0.5) is 11.4 Å². The summed E-state index contributed by atoms with van der Waals surface area (Å²) in [5, 5.41) is 6.85. The van der Waals surface area contributed by atoms with Crippen LogP contribution >= 0.6 is 11.3 Å². The Hall–Kier alpha value is -2.08. The molecular weight excluding hydrogens is 260 g/mol. The van der Waals surface area contributed by atoms with Crippen molar-refractivity contribution in [3.63, 3.8) is 0 Å². The molecule has 0 unspecified atom stereocenters. The molecular formula is C13H16N4OS. The maximum Gasteiger partial charge on any atom is 0.251 e. The molecule has 0 spiro atoms. The smallest absolute Gasteiger partial charge is 0.251 e. The molecule has 6 heteroatoms. The van der Waals surface area contributed by atoms with Gasteiger partial charge < -0.3 is 16.4 Å². The summed E-state index contributed by atoms with van der Waals surface area (Å²) in [6.45, 7) is 2.65. The fourth-order valence-electron chi connectivity index (χ4n) is 1.68. The highest BCUT2D eigenvalue weighted by atomic mass is 32.1. The van der Waals surface area contributed by atoms with Gasteiger partial charge in [0.2, 0.25) is 0 Å². The molecule has 1 aromatic heterocycles. The zero-order chi connectivity index (χ0) is 13.8. The molecule has 100 valence electrons. The molecule has 0 saturated carbocycles. The maximum absolute atomic E-state index is 11.5. The van der Waals surface area contributed by atoms with Gasteiger partial charge in [-0.25, -0.2) is 4.98 Å². The summed E-state index contributed by atoms with van der Waals surface area (Å²) in [6, 6.07) is 5.22. The Balaban J connectivity index is 2.07. The van der Waals surface area contributed by atoms with Crippen LogP contribution in [0.25, 0.3) is 0 Å². The minimum atomic E-state index is -0.142.